The van der Waals surface area contributed by atoms with Gasteiger partial charge in [0.05, 0.1) is 0 Å². The van der Waals surface area contributed by atoms with Gasteiger partial charge in [-0.1, -0.05) is 12.1 Å². The first-order valence-electron chi connectivity index (χ1n) is 5.85. The highest BCUT2D eigenvalue weighted by Gasteiger charge is 2.08. The number of carbonyl (C=O) groups excluding carboxylic acids is 1. The number of nitrogens with zero attached hydrogens (tertiary/aromatic N) is 2. The number of hydrogen-bond acceptors (Lipinski definition) is 5. The van der Waals surface area contributed by atoms with E-state index in [-0.39, 0.29) is 12.5 Å². The van der Waals surface area contributed by atoms with E-state index < -0.39 is 0 Å². The molecule has 0 spiro atoms. The van der Waals surface area contributed by atoms with Crippen molar-refractivity contribution in [1.82, 2.24) is 9.36 Å². The monoisotopic (exact) mass is 277 g/mol. The highest BCUT2D eigenvalue weighted by Crippen LogP contribution is 2.20. The summed E-state index contributed by atoms with van der Waals surface area (Å²) in [5.74, 6) is 1.14. The Labute approximate surface area is 115 Å². The fourth-order valence-electron chi connectivity index (χ4n) is 1.53. The lowest BCUT2D eigenvalue weighted by molar-refractivity contribution is -0.118. The molecular weight excluding hydrogens is 262 g/mol. The third-order valence-electron chi connectivity index (χ3n) is 2.69. The molecule has 1 N–H and O–H groups in total. The Morgan fingerprint density at radius 3 is 2.84 bits per heavy atom. The topological polar surface area (TPSA) is 64.1 Å². The van der Waals surface area contributed by atoms with E-state index in [9.17, 15) is 4.79 Å². The number of anilines is 1. The molecule has 1 amide bonds. The van der Waals surface area contributed by atoms with Gasteiger partial charge < -0.3 is 4.74 Å². The first kappa shape index (κ1) is 13.5. The number of hydrogen-bond donors (Lipinski definition) is 1. The number of amides is 1. The van der Waals surface area contributed by atoms with Crippen LogP contribution in [0.15, 0.2) is 18.2 Å². The molecule has 6 heteroatoms. The summed E-state index contributed by atoms with van der Waals surface area (Å²) in [7, 11) is 0. The van der Waals surface area contributed by atoms with Crippen molar-refractivity contribution in [2.24, 2.45) is 0 Å². The number of carbonyl (C=O) groups is 1. The van der Waals surface area contributed by atoms with E-state index in [4.69, 9.17) is 4.74 Å². The zero-order valence-electron chi connectivity index (χ0n) is 11.1. The molecule has 0 saturated carbocycles. The van der Waals surface area contributed by atoms with Crippen LogP contribution in [0.2, 0.25) is 0 Å². The van der Waals surface area contributed by atoms with Gasteiger partial charge in [-0.15, -0.1) is 0 Å². The average molecular weight is 277 g/mol. The Hall–Kier alpha value is -1.95. The Bertz CT molecular complexity index is 595. The normalized spacial score (nSPS) is 10.3. The molecule has 5 nitrogen and oxygen atoms in total. The van der Waals surface area contributed by atoms with E-state index in [0.29, 0.717) is 11.0 Å². The van der Waals surface area contributed by atoms with Gasteiger partial charge in [-0.2, -0.15) is 4.37 Å². The van der Waals surface area contributed by atoms with Gasteiger partial charge in [0.1, 0.15) is 11.6 Å². The molecule has 0 aliphatic carbocycles. The molecule has 0 radical (unpaired) electrons. The highest BCUT2D eigenvalue weighted by atomic mass is 32.1. The Morgan fingerprint density at radius 2 is 2.16 bits per heavy atom. The predicted molar refractivity (Wildman–Crippen MR) is 74.7 cm³/mol. The molecule has 0 unspecified atom stereocenters. The summed E-state index contributed by atoms with van der Waals surface area (Å²) in [6.07, 6.45) is 0. The molecule has 1 aromatic carbocycles. The molecule has 100 valence electrons. The van der Waals surface area contributed by atoms with Gasteiger partial charge in [-0.3, -0.25) is 10.1 Å². The number of nitrogens with one attached hydrogen (secondary N) is 1. The lowest BCUT2D eigenvalue weighted by atomic mass is 10.1. The molecule has 2 aromatic rings. The molecule has 2 rings (SSSR count). The largest absolute Gasteiger partial charge is 0.483 e. The van der Waals surface area contributed by atoms with Crippen molar-refractivity contribution in [3.63, 3.8) is 0 Å². The standard InChI is InChI=1S/C13H15N3O2S/c1-8-5-4-6-11(9(8)2)18-7-12(17)15-13-14-10(3)16-19-13/h4-6H,7H2,1-3H3,(H,14,15,16,17). The molecule has 0 aliphatic heterocycles. The molecule has 0 saturated heterocycles. The summed E-state index contributed by atoms with van der Waals surface area (Å²) in [4.78, 5) is 15.8. The second-order valence-electron chi connectivity index (χ2n) is 4.18. The van der Waals surface area contributed by atoms with Crippen LogP contribution in [0, 0.1) is 20.8 Å². The summed E-state index contributed by atoms with van der Waals surface area (Å²) in [5.41, 5.74) is 2.18. The van der Waals surface area contributed by atoms with Crippen LogP contribution in [0.4, 0.5) is 5.13 Å². The minimum Gasteiger partial charge on any atom is -0.483 e. The quantitative estimate of drug-likeness (QED) is 0.932. The van der Waals surface area contributed by atoms with Gasteiger partial charge in [-0.05, 0) is 38.0 Å². The number of rotatable bonds is 4. The maximum Gasteiger partial charge on any atom is 0.264 e. The van der Waals surface area contributed by atoms with Gasteiger partial charge in [0.15, 0.2) is 6.61 Å². The summed E-state index contributed by atoms with van der Waals surface area (Å²) >= 11 is 1.16. The minimum atomic E-state index is -0.239. The first-order valence-corrected chi connectivity index (χ1v) is 6.63. The fraction of sp³-hybridized carbons (Fsp3) is 0.308. The number of ether oxygens (including phenoxy) is 1. The van der Waals surface area contributed by atoms with Crippen LogP contribution in [0.1, 0.15) is 17.0 Å². The van der Waals surface area contributed by atoms with Crippen LogP contribution in [0.5, 0.6) is 5.75 Å². The van der Waals surface area contributed by atoms with Crippen LogP contribution in [-0.4, -0.2) is 21.9 Å². The lowest BCUT2D eigenvalue weighted by Gasteiger charge is -2.10. The summed E-state index contributed by atoms with van der Waals surface area (Å²) in [6, 6.07) is 5.76. The van der Waals surface area contributed by atoms with Crippen molar-refractivity contribution >= 4 is 22.6 Å². The predicted octanol–water partition coefficient (Wildman–Crippen LogP) is 2.48. The molecule has 0 bridgehead atoms. The second kappa shape index (κ2) is 5.79. The minimum absolute atomic E-state index is 0.0388. The van der Waals surface area contributed by atoms with Crippen LogP contribution in [0.25, 0.3) is 0 Å². The maximum absolute atomic E-state index is 11.7. The van der Waals surface area contributed by atoms with E-state index in [1.807, 2.05) is 32.0 Å². The molecule has 1 heterocycles. The van der Waals surface area contributed by atoms with Gasteiger partial charge in [0.2, 0.25) is 5.13 Å². The zero-order chi connectivity index (χ0) is 13.8. The average Bonchev–Trinajstić information content (AvgIpc) is 2.76. The maximum atomic E-state index is 11.7. The number of benzene rings is 1. The van der Waals surface area contributed by atoms with E-state index >= 15 is 0 Å². The van der Waals surface area contributed by atoms with E-state index in [1.165, 1.54) is 0 Å². The number of aryl methyl sites for hydroxylation is 2. The first-order chi connectivity index (χ1) is 9.06. The van der Waals surface area contributed by atoms with Crippen LogP contribution in [-0.2, 0) is 4.79 Å². The van der Waals surface area contributed by atoms with Gasteiger partial charge in [0, 0.05) is 11.5 Å². The molecule has 0 aliphatic rings. The third-order valence-corrected chi connectivity index (χ3v) is 3.41. The van der Waals surface area contributed by atoms with E-state index in [0.717, 1.165) is 28.4 Å². The van der Waals surface area contributed by atoms with Gasteiger partial charge >= 0.3 is 0 Å². The van der Waals surface area contributed by atoms with Crippen molar-refractivity contribution in [3.05, 3.63) is 35.2 Å². The van der Waals surface area contributed by atoms with Crippen LogP contribution in [0.3, 0.4) is 0 Å². The van der Waals surface area contributed by atoms with Crippen molar-refractivity contribution in [2.75, 3.05) is 11.9 Å². The van der Waals surface area contributed by atoms with Crippen molar-refractivity contribution in [1.29, 1.82) is 0 Å². The lowest BCUT2D eigenvalue weighted by Crippen LogP contribution is -2.20. The van der Waals surface area contributed by atoms with Crippen molar-refractivity contribution in [2.45, 2.75) is 20.8 Å². The smallest absolute Gasteiger partial charge is 0.264 e. The van der Waals surface area contributed by atoms with Crippen LogP contribution < -0.4 is 10.1 Å². The Morgan fingerprint density at radius 1 is 1.37 bits per heavy atom. The van der Waals surface area contributed by atoms with Crippen LogP contribution >= 0.6 is 11.5 Å². The van der Waals surface area contributed by atoms with Crippen molar-refractivity contribution in [3.8, 4) is 5.75 Å². The van der Waals surface area contributed by atoms with Gasteiger partial charge in [-0.25, -0.2) is 4.98 Å². The fourth-order valence-corrected chi connectivity index (χ4v) is 2.12. The van der Waals surface area contributed by atoms with E-state index in [1.54, 1.807) is 6.92 Å². The Kier molecular flexibility index (Phi) is 4.11. The molecule has 0 atom stereocenters. The second-order valence-corrected chi connectivity index (χ2v) is 4.93. The molecule has 0 fully saturated rings. The number of aromatic nitrogens is 2. The molecule has 19 heavy (non-hydrogen) atoms. The zero-order valence-corrected chi connectivity index (χ0v) is 11.9. The van der Waals surface area contributed by atoms with Crippen molar-refractivity contribution < 1.29 is 9.53 Å². The summed E-state index contributed by atoms with van der Waals surface area (Å²) in [6.45, 7) is 5.71. The SMILES string of the molecule is Cc1nsc(NC(=O)COc2cccc(C)c2C)n1. The third kappa shape index (κ3) is 3.51. The van der Waals surface area contributed by atoms with Gasteiger partial charge in [0.25, 0.3) is 5.91 Å². The molecule has 1 aromatic heterocycles. The highest BCUT2D eigenvalue weighted by molar-refractivity contribution is 7.09. The van der Waals surface area contributed by atoms with E-state index in [2.05, 4.69) is 14.7 Å². The molecular formula is C13H15N3O2S. The summed E-state index contributed by atoms with van der Waals surface area (Å²) < 4.78 is 9.49. The summed E-state index contributed by atoms with van der Waals surface area (Å²) in [5, 5.41) is 3.14. The Balaban J connectivity index is 1.91.